The molecule has 1 heterocycles. The molecule has 0 bridgehead atoms. The number of benzene rings is 1. The van der Waals surface area contributed by atoms with E-state index in [1.807, 2.05) is 4.90 Å². The summed E-state index contributed by atoms with van der Waals surface area (Å²) >= 11 is 5.85. The number of nitrogens with zero attached hydrogens (tertiary/aromatic N) is 3. The molecular formula is C19H29ClN4O3S. The molecule has 2 fully saturated rings. The van der Waals surface area contributed by atoms with Crippen molar-refractivity contribution in [1.29, 1.82) is 0 Å². The van der Waals surface area contributed by atoms with Gasteiger partial charge >= 0.3 is 0 Å². The molecule has 0 atom stereocenters. The van der Waals surface area contributed by atoms with E-state index in [9.17, 15) is 13.2 Å². The average molecular weight is 429 g/mol. The summed E-state index contributed by atoms with van der Waals surface area (Å²) < 4.78 is 29.0. The number of halogens is 1. The summed E-state index contributed by atoms with van der Waals surface area (Å²) in [6.07, 6.45) is 5.28. The van der Waals surface area contributed by atoms with Crippen molar-refractivity contribution < 1.29 is 13.2 Å². The molecule has 9 heteroatoms. The number of hydrogen-bond donors (Lipinski definition) is 1. The van der Waals surface area contributed by atoms with Gasteiger partial charge in [0.2, 0.25) is 5.91 Å². The van der Waals surface area contributed by atoms with Gasteiger partial charge in [-0.15, -0.1) is 0 Å². The quantitative estimate of drug-likeness (QED) is 0.755. The lowest BCUT2D eigenvalue weighted by molar-refractivity contribution is -0.117. The van der Waals surface area contributed by atoms with Gasteiger partial charge in [0, 0.05) is 50.0 Å². The first-order valence-electron chi connectivity index (χ1n) is 9.87. The van der Waals surface area contributed by atoms with Crippen molar-refractivity contribution in [2.24, 2.45) is 0 Å². The molecule has 156 valence electrons. The number of anilines is 1. The van der Waals surface area contributed by atoms with Gasteiger partial charge in [0.25, 0.3) is 10.2 Å². The van der Waals surface area contributed by atoms with Crippen molar-refractivity contribution in [2.75, 3.05) is 45.1 Å². The molecule has 1 aromatic carbocycles. The summed E-state index contributed by atoms with van der Waals surface area (Å²) in [5.41, 5.74) is 0.699. The van der Waals surface area contributed by atoms with Crippen LogP contribution in [0, 0.1) is 0 Å². The highest BCUT2D eigenvalue weighted by Crippen LogP contribution is 2.25. The third-order valence-corrected chi connectivity index (χ3v) is 7.90. The van der Waals surface area contributed by atoms with E-state index in [-0.39, 0.29) is 18.5 Å². The van der Waals surface area contributed by atoms with Crippen molar-refractivity contribution in [3.8, 4) is 0 Å². The van der Waals surface area contributed by atoms with Crippen LogP contribution in [0.15, 0.2) is 24.3 Å². The number of amides is 1. The molecule has 1 N–H and O–H groups in total. The van der Waals surface area contributed by atoms with E-state index in [2.05, 4.69) is 5.32 Å². The van der Waals surface area contributed by atoms with E-state index < -0.39 is 10.2 Å². The second kappa shape index (κ2) is 9.54. The minimum Gasteiger partial charge on any atom is -0.325 e. The predicted molar refractivity (Wildman–Crippen MR) is 112 cm³/mol. The molecule has 28 heavy (non-hydrogen) atoms. The standard InChI is InChI=1S/C19H29ClN4O3S/c1-22(18-5-3-2-4-6-18)28(26,27)24-13-11-23(12-14-24)15-19(25)21-17-9-7-16(20)8-10-17/h7-10,18H,2-6,11-15H2,1H3,(H,21,25). The minimum atomic E-state index is -3.44. The molecular weight excluding hydrogens is 400 g/mol. The highest BCUT2D eigenvalue weighted by atomic mass is 35.5. The van der Waals surface area contributed by atoms with E-state index in [0.717, 1.165) is 25.7 Å². The summed E-state index contributed by atoms with van der Waals surface area (Å²) in [5, 5.41) is 3.46. The molecule has 1 amide bonds. The molecule has 1 saturated carbocycles. The van der Waals surface area contributed by atoms with Crippen LogP contribution in [0.5, 0.6) is 0 Å². The molecule has 0 aromatic heterocycles. The summed E-state index contributed by atoms with van der Waals surface area (Å²) in [7, 11) is -1.73. The van der Waals surface area contributed by atoms with Gasteiger partial charge in [-0.05, 0) is 37.1 Å². The number of piperazine rings is 1. The first-order valence-corrected chi connectivity index (χ1v) is 11.6. The topological polar surface area (TPSA) is 73.0 Å². The summed E-state index contributed by atoms with van der Waals surface area (Å²) in [4.78, 5) is 14.2. The molecule has 7 nitrogen and oxygen atoms in total. The van der Waals surface area contributed by atoms with Gasteiger partial charge < -0.3 is 5.32 Å². The molecule has 1 aliphatic carbocycles. The number of carbonyl (C=O) groups is 1. The Hall–Kier alpha value is -1.19. The van der Waals surface area contributed by atoms with E-state index in [1.165, 1.54) is 6.42 Å². The van der Waals surface area contributed by atoms with Crippen LogP contribution in [0.2, 0.25) is 5.02 Å². The Labute approximate surface area is 172 Å². The Morgan fingerprint density at radius 3 is 2.32 bits per heavy atom. The zero-order chi connectivity index (χ0) is 20.1. The van der Waals surface area contributed by atoms with Crippen LogP contribution in [0.3, 0.4) is 0 Å². The molecule has 1 aliphatic heterocycles. The SMILES string of the molecule is CN(C1CCCCC1)S(=O)(=O)N1CCN(CC(=O)Nc2ccc(Cl)cc2)CC1. The van der Waals surface area contributed by atoms with Gasteiger partial charge in [-0.2, -0.15) is 17.0 Å². The van der Waals surface area contributed by atoms with Crippen LogP contribution >= 0.6 is 11.6 Å². The van der Waals surface area contributed by atoms with Crippen LogP contribution in [0.4, 0.5) is 5.69 Å². The maximum Gasteiger partial charge on any atom is 0.282 e. The Kier molecular flexibility index (Phi) is 7.33. The zero-order valence-corrected chi connectivity index (χ0v) is 17.9. The lowest BCUT2D eigenvalue weighted by atomic mass is 9.96. The normalized spacial score (nSPS) is 20.4. The number of nitrogens with one attached hydrogen (secondary N) is 1. The van der Waals surface area contributed by atoms with Gasteiger partial charge in [-0.25, -0.2) is 0 Å². The van der Waals surface area contributed by atoms with Gasteiger partial charge in [0.1, 0.15) is 0 Å². The molecule has 0 radical (unpaired) electrons. The van der Waals surface area contributed by atoms with Crippen LogP contribution in [0.1, 0.15) is 32.1 Å². The van der Waals surface area contributed by atoms with Crippen molar-refractivity contribution in [1.82, 2.24) is 13.5 Å². The van der Waals surface area contributed by atoms with Gasteiger partial charge in [-0.1, -0.05) is 30.9 Å². The van der Waals surface area contributed by atoms with Gasteiger partial charge in [-0.3, -0.25) is 9.69 Å². The van der Waals surface area contributed by atoms with Crippen molar-refractivity contribution >= 4 is 33.4 Å². The maximum atomic E-state index is 12.9. The summed E-state index contributed by atoms with van der Waals surface area (Å²) in [6.45, 7) is 2.16. The first kappa shape index (κ1) is 21.5. The fourth-order valence-electron chi connectivity index (χ4n) is 3.87. The Morgan fingerprint density at radius 1 is 1.11 bits per heavy atom. The molecule has 1 aromatic rings. The third kappa shape index (κ3) is 5.45. The second-order valence-corrected chi connectivity index (χ2v) is 9.97. The highest BCUT2D eigenvalue weighted by Gasteiger charge is 2.34. The number of rotatable bonds is 6. The highest BCUT2D eigenvalue weighted by molar-refractivity contribution is 7.86. The van der Waals surface area contributed by atoms with Gasteiger partial charge in [0.05, 0.1) is 6.54 Å². The first-order chi connectivity index (χ1) is 13.4. The number of hydrogen-bond acceptors (Lipinski definition) is 4. The molecule has 3 rings (SSSR count). The lowest BCUT2D eigenvalue weighted by Gasteiger charge is -2.38. The molecule has 2 aliphatic rings. The monoisotopic (exact) mass is 428 g/mol. The maximum absolute atomic E-state index is 12.9. The largest absolute Gasteiger partial charge is 0.325 e. The fraction of sp³-hybridized carbons (Fsp3) is 0.632. The smallest absolute Gasteiger partial charge is 0.282 e. The average Bonchev–Trinajstić information content (AvgIpc) is 2.70. The summed E-state index contributed by atoms with van der Waals surface area (Å²) in [6, 6.07) is 7.08. The van der Waals surface area contributed by atoms with E-state index >= 15 is 0 Å². The molecule has 0 spiro atoms. The Bertz CT molecular complexity index is 758. The zero-order valence-electron chi connectivity index (χ0n) is 16.3. The molecule has 0 unspecified atom stereocenters. The third-order valence-electron chi connectivity index (χ3n) is 5.61. The fourth-order valence-corrected chi connectivity index (χ4v) is 5.57. The predicted octanol–water partition coefficient (Wildman–Crippen LogP) is 2.41. The Morgan fingerprint density at radius 2 is 1.71 bits per heavy atom. The minimum absolute atomic E-state index is 0.113. The van der Waals surface area contributed by atoms with Crippen LogP contribution in [-0.4, -0.2) is 73.6 Å². The van der Waals surface area contributed by atoms with E-state index in [4.69, 9.17) is 11.6 Å². The van der Waals surface area contributed by atoms with Crippen molar-refractivity contribution in [2.45, 2.75) is 38.1 Å². The number of carbonyl (C=O) groups excluding carboxylic acids is 1. The van der Waals surface area contributed by atoms with Crippen LogP contribution < -0.4 is 5.32 Å². The Balaban J connectivity index is 1.48. The van der Waals surface area contributed by atoms with Crippen LogP contribution in [0.25, 0.3) is 0 Å². The van der Waals surface area contributed by atoms with Gasteiger partial charge in [0.15, 0.2) is 0 Å². The van der Waals surface area contributed by atoms with E-state index in [0.29, 0.717) is 36.9 Å². The second-order valence-electron chi connectivity index (χ2n) is 7.55. The van der Waals surface area contributed by atoms with Crippen molar-refractivity contribution in [3.05, 3.63) is 29.3 Å². The lowest BCUT2D eigenvalue weighted by Crippen LogP contribution is -2.55. The van der Waals surface area contributed by atoms with Crippen molar-refractivity contribution in [3.63, 3.8) is 0 Å². The molecule has 1 saturated heterocycles. The van der Waals surface area contributed by atoms with Crippen LogP contribution in [-0.2, 0) is 15.0 Å². The van der Waals surface area contributed by atoms with E-state index in [1.54, 1.807) is 39.9 Å². The summed E-state index contributed by atoms with van der Waals surface area (Å²) in [5.74, 6) is -0.113.